The fourth-order valence-electron chi connectivity index (χ4n) is 5.78. The van der Waals surface area contributed by atoms with Crippen molar-refractivity contribution in [3.05, 3.63) is 51.3 Å². The summed E-state index contributed by atoms with van der Waals surface area (Å²) in [5, 5.41) is 21.8. The number of ketones is 4. The molecular weight excluding hydrogens is 396 g/mol. The summed E-state index contributed by atoms with van der Waals surface area (Å²) in [6, 6.07) is 3.48. The topological polar surface area (TPSA) is 109 Å². The van der Waals surface area contributed by atoms with Gasteiger partial charge in [0.2, 0.25) is 0 Å². The minimum Gasteiger partial charge on any atom is -0.510 e. The lowest BCUT2D eigenvalue weighted by Crippen LogP contribution is -2.46. The Bertz CT molecular complexity index is 1130. The van der Waals surface area contributed by atoms with Gasteiger partial charge in [0.1, 0.15) is 17.3 Å². The van der Waals surface area contributed by atoms with Crippen molar-refractivity contribution < 1.29 is 29.4 Å². The molecule has 6 heteroatoms. The number of carbonyl (C=O) groups excluding carboxylic acids is 4. The van der Waals surface area contributed by atoms with Crippen LogP contribution in [0.25, 0.3) is 0 Å². The number of rotatable bonds is 3. The Balaban J connectivity index is 1.91. The number of Topliss-reactive ketones (excluding diaryl/α,β-unsaturated/α-hetero) is 4. The minimum atomic E-state index is -0.986. The molecule has 0 spiro atoms. The molecule has 0 saturated carbocycles. The highest BCUT2D eigenvalue weighted by molar-refractivity contribution is 6.21. The number of carbonyl (C=O) groups is 4. The highest BCUT2D eigenvalue weighted by atomic mass is 16.3. The molecule has 2 N–H and O–H groups in total. The fraction of sp³-hybridized carbons (Fsp3) is 0.440. The zero-order valence-corrected chi connectivity index (χ0v) is 18.2. The number of aromatic hydroxyl groups is 1. The van der Waals surface area contributed by atoms with Crippen molar-refractivity contribution >= 4 is 23.1 Å². The van der Waals surface area contributed by atoms with E-state index in [1.165, 1.54) is 13.8 Å². The van der Waals surface area contributed by atoms with Crippen LogP contribution in [0.1, 0.15) is 62.0 Å². The molecule has 31 heavy (non-hydrogen) atoms. The Morgan fingerprint density at radius 3 is 2.42 bits per heavy atom. The maximum Gasteiger partial charge on any atom is 0.193 e. The van der Waals surface area contributed by atoms with Crippen molar-refractivity contribution in [2.24, 2.45) is 17.3 Å². The highest BCUT2D eigenvalue weighted by Crippen LogP contribution is 2.57. The lowest BCUT2D eigenvalue weighted by atomic mass is 9.54. The molecule has 0 fully saturated rings. The molecule has 3 aliphatic rings. The van der Waals surface area contributed by atoms with E-state index in [1.54, 1.807) is 26.0 Å². The SMILES string of the molecule is CC(=O)Cc1ccc2c(c1O)C(=O)C1=C(C)C3(C)C(O)=C(C(C)=O)C(=O)CC3CC1C2. The molecule has 162 valence electrons. The van der Waals surface area contributed by atoms with Gasteiger partial charge in [-0.05, 0) is 57.9 Å². The summed E-state index contributed by atoms with van der Waals surface area (Å²) in [4.78, 5) is 49.7. The number of aliphatic hydroxyl groups excluding tert-OH is 1. The molecule has 3 unspecified atom stereocenters. The second kappa shape index (κ2) is 7.01. The van der Waals surface area contributed by atoms with Crippen LogP contribution >= 0.6 is 0 Å². The van der Waals surface area contributed by atoms with Gasteiger partial charge in [-0.3, -0.25) is 19.2 Å². The van der Waals surface area contributed by atoms with Crippen LogP contribution in [0.3, 0.4) is 0 Å². The average molecular weight is 422 g/mol. The highest BCUT2D eigenvalue weighted by Gasteiger charge is 2.54. The molecule has 0 aromatic heterocycles. The first kappa shape index (κ1) is 21.2. The summed E-state index contributed by atoms with van der Waals surface area (Å²) in [6.45, 7) is 6.25. The minimum absolute atomic E-state index is 0.0429. The molecular formula is C25H26O6. The van der Waals surface area contributed by atoms with Gasteiger partial charge in [-0.1, -0.05) is 17.7 Å². The summed E-state index contributed by atoms with van der Waals surface area (Å²) < 4.78 is 0. The van der Waals surface area contributed by atoms with Gasteiger partial charge in [0.05, 0.1) is 16.6 Å². The van der Waals surface area contributed by atoms with Crippen molar-refractivity contribution in [1.82, 2.24) is 0 Å². The van der Waals surface area contributed by atoms with Crippen molar-refractivity contribution in [2.45, 2.75) is 53.4 Å². The molecule has 1 aromatic rings. The number of aliphatic hydroxyl groups is 1. The van der Waals surface area contributed by atoms with E-state index in [0.29, 0.717) is 29.6 Å². The molecule has 6 nitrogen and oxygen atoms in total. The summed E-state index contributed by atoms with van der Waals surface area (Å²) >= 11 is 0. The second-order valence-corrected chi connectivity index (χ2v) is 9.30. The number of allylic oxidation sites excluding steroid dienone is 3. The number of phenols is 1. The molecule has 1 aromatic carbocycles. The Kier molecular flexibility index (Phi) is 4.80. The molecule has 0 amide bonds. The normalized spacial score (nSPS) is 27.6. The van der Waals surface area contributed by atoms with Crippen LogP contribution in [-0.2, 0) is 27.2 Å². The quantitative estimate of drug-likeness (QED) is 0.721. The third-order valence-electron chi connectivity index (χ3n) is 7.49. The smallest absolute Gasteiger partial charge is 0.193 e. The van der Waals surface area contributed by atoms with E-state index in [2.05, 4.69) is 0 Å². The number of hydrogen-bond acceptors (Lipinski definition) is 6. The molecule has 3 aliphatic carbocycles. The standard InChI is InChI=1S/C25H26O6/c1-11(26)7-15-6-5-14-8-16-9-17-10-18(28)20(13(3)27)24(31)25(17,4)12(2)19(16)23(30)21(14)22(15)29/h5-6,16-17,29,31H,7-10H2,1-4H3. The first-order valence-corrected chi connectivity index (χ1v) is 10.5. The van der Waals surface area contributed by atoms with Gasteiger partial charge in [0, 0.05) is 24.0 Å². The third-order valence-corrected chi connectivity index (χ3v) is 7.49. The number of benzene rings is 1. The summed E-state index contributed by atoms with van der Waals surface area (Å²) in [5.74, 6) is -2.00. The molecule has 0 heterocycles. The maximum absolute atomic E-state index is 13.6. The summed E-state index contributed by atoms with van der Waals surface area (Å²) in [5.41, 5.74) is 1.38. The van der Waals surface area contributed by atoms with E-state index in [1.807, 2.05) is 0 Å². The van der Waals surface area contributed by atoms with E-state index in [-0.39, 0.29) is 64.7 Å². The molecule has 3 atom stereocenters. The van der Waals surface area contributed by atoms with Crippen LogP contribution in [0, 0.1) is 17.3 Å². The zero-order valence-electron chi connectivity index (χ0n) is 18.2. The first-order valence-electron chi connectivity index (χ1n) is 10.5. The fourth-order valence-corrected chi connectivity index (χ4v) is 5.78. The maximum atomic E-state index is 13.6. The van der Waals surface area contributed by atoms with Crippen molar-refractivity contribution in [3.63, 3.8) is 0 Å². The van der Waals surface area contributed by atoms with Crippen LogP contribution in [0.15, 0.2) is 34.6 Å². The van der Waals surface area contributed by atoms with Gasteiger partial charge in [-0.15, -0.1) is 0 Å². The predicted octanol–water partition coefficient (Wildman–Crippen LogP) is 3.60. The van der Waals surface area contributed by atoms with Crippen LogP contribution in [0.5, 0.6) is 5.75 Å². The molecule has 0 bridgehead atoms. The molecule has 0 radical (unpaired) electrons. The molecule has 0 saturated heterocycles. The van der Waals surface area contributed by atoms with E-state index in [4.69, 9.17) is 0 Å². The van der Waals surface area contributed by atoms with Gasteiger partial charge in [-0.2, -0.15) is 0 Å². The van der Waals surface area contributed by atoms with Gasteiger partial charge < -0.3 is 10.2 Å². The van der Waals surface area contributed by atoms with Crippen LogP contribution in [0.4, 0.5) is 0 Å². The second-order valence-electron chi connectivity index (χ2n) is 9.30. The Morgan fingerprint density at radius 1 is 1.13 bits per heavy atom. The number of hydrogen-bond donors (Lipinski definition) is 2. The van der Waals surface area contributed by atoms with Crippen molar-refractivity contribution in [1.29, 1.82) is 0 Å². The molecule has 0 aliphatic heterocycles. The van der Waals surface area contributed by atoms with Crippen molar-refractivity contribution in [3.8, 4) is 5.75 Å². The van der Waals surface area contributed by atoms with Crippen LogP contribution in [0.2, 0.25) is 0 Å². The van der Waals surface area contributed by atoms with Gasteiger partial charge >= 0.3 is 0 Å². The van der Waals surface area contributed by atoms with Gasteiger partial charge in [0.15, 0.2) is 17.3 Å². The lowest BCUT2D eigenvalue weighted by molar-refractivity contribution is -0.123. The first-order chi connectivity index (χ1) is 14.5. The van der Waals surface area contributed by atoms with E-state index in [0.717, 1.165) is 5.56 Å². The van der Waals surface area contributed by atoms with Crippen molar-refractivity contribution in [2.75, 3.05) is 0 Å². The van der Waals surface area contributed by atoms with Gasteiger partial charge in [-0.25, -0.2) is 0 Å². The van der Waals surface area contributed by atoms with E-state index in [9.17, 15) is 29.4 Å². The third kappa shape index (κ3) is 2.92. The number of phenolic OH excluding ortho intramolecular Hbond substituents is 1. The van der Waals surface area contributed by atoms with E-state index < -0.39 is 11.2 Å². The lowest BCUT2D eigenvalue weighted by Gasteiger charge is -2.49. The summed E-state index contributed by atoms with van der Waals surface area (Å²) in [7, 11) is 0. The predicted molar refractivity (Wildman–Crippen MR) is 113 cm³/mol. The van der Waals surface area contributed by atoms with Gasteiger partial charge in [0.25, 0.3) is 0 Å². The Morgan fingerprint density at radius 2 is 1.81 bits per heavy atom. The van der Waals surface area contributed by atoms with Crippen LogP contribution < -0.4 is 0 Å². The zero-order chi connectivity index (χ0) is 22.8. The summed E-state index contributed by atoms with van der Waals surface area (Å²) in [6.07, 6.45) is 1.26. The van der Waals surface area contributed by atoms with Crippen LogP contribution in [-0.4, -0.2) is 33.3 Å². The molecule has 4 rings (SSSR count). The Labute approximate surface area is 180 Å². The number of fused-ring (bicyclic) bond motifs is 3. The average Bonchev–Trinajstić information content (AvgIpc) is 2.66. The monoisotopic (exact) mass is 422 g/mol. The van der Waals surface area contributed by atoms with E-state index >= 15 is 0 Å². The Hall–Kier alpha value is -3.02. The largest absolute Gasteiger partial charge is 0.510 e.